The Balaban J connectivity index is 2.03. The van der Waals surface area contributed by atoms with Crippen molar-refractivity contribution in [2.75, 3.05) is 6.61 Å². The van der Waals surface area contributed by atoms with Crippen molar-refractivity contribution in [2.45, 2.75) is 38.8 Å². The summed E-state index contributed by atoms with van der Waals surface area (Å²) in [7, 11) is 0. The zero-order chi connectivity index (χ0) is 12.3. The second-order valence-electron chi connectivity index (χ2n) is 4.39. The van der Waals surface area contributed by atoms with Crippen LogP contribution in [0.4, 0.5) is 0 Å². The van der Waals surface area contributed by atoms with E-state index in [0.717, 1.165) is 18.5 Å². The van der Waals surface area contributed by atoms with Gasteiger partial charge in [0.15, 0.2) is 5.75 Å². The van der Waals surface area contributed by atoms with Gasteiger partial charge < -0.3 is 10.1 Å². The molecule has 0 aromatic heterocycles. The van der Waals surface area contributed by atoms with E-state index >= 15 is 0 Å². The lowest BCUT2D eigenvalue weighted by molar-refractivity contribution is 0.317. The first-order valence-corrected chi connectivity index (χ1v) is 6.80. The molecule has 0 saturated heterocycles. The van der Waals surface area contributed by atoms with E-state index in [1.165, 1.54) is 12.8 Å². The van der Waals surface area contributed by atoms with Crippen LogP contribution in [0, 0.1) is 0 Å². The summed E-state index contributed by atoms with van der Waals surface area (Å²) in [6, 6.07) is 4.53. The zero-order valence-electron chi connectivity index (χ0n) is 9.93. The smallest absolute Gasteiger partial charge is 0.156 e. The Morgan fingerprint density at radius 2 is 1.94 bits per heavy atom. The predicted molar refractivity (Wildman–Crippen MR) is 72.1 cm³/mol. The van der Waals surface area contributed by atoms with Crippen LogP contribution in [0.2, 0.25) is 10.0 Å². The van der Waals surface area contributed by atoms with E-state index in [2.05, 4.69) is 12.2 Å². The summed E-state index contributed by atoms with van der Waals surface area (Å²) in [5, 5.41) is 4.62. The van der Waals surface area contributed by atoms with Gasteiger partial charge in [0.1, 0.15) is 0 Å². The molecule has 0 spiro atoms. The number of ether oxygens (including phenoxy) is 1. The molecule has 0 atom stereocenters. The summed E-state index contributed by atoms with van der Waals surface area (Å²) in [6.45, 7) is 3.51. The van der Waals surface area contributed by atoms with Crippen molar-refractivity contribution in [3.63, 3.8) is 0 Å². The molecule has 2 nitrogen and oxygen atoms in total. The van der Waals surface area contributed by atoms with Gasteiger partial charge in [0, 0.05) is 12.6 Å². The van der Waals surface area contributed by atoms with E-state index in [4.69, 9.17) is 27.9 Å². The maximum atomic E-state index is 6.16. The number of benzene rings is 1. The number of nitrogens with one attached hydrogen (secondary N) is 1. The molecular weight excluding hydrogens is 257 g/mol. The fraction of sp³-hybridized carbons (Fsp3) is 0.538. The van der Waals surface area contributed by atoms with Gasteiger partial charge in [-0.25, -0.2) is 0 Å². The van der Waals surface area contributed by atoms with Crippen molar-refractivity contribution in [3.8, 4) is 5.75 Å². The monoisotopic (exact) mass is 273 g/mol. The average Bonchev–Trinajstić information content (AvgIpc) is 3.09. The summed E-state index contributed by atoms with van der Waals surface area (Å²) in [5.41, 5.74) is 1.11. The first-order chi connectivity index (χ1) is 8.20. The van der Waals surface area contributed by atoms with Crippen LogP contribution in [0.3, 0.4) is 0 Å². The van der Waals surface area contributed by atoms with Gasteiger partial charge in [-0.1, -0.05) is 30.1 Å². The first-order valence-electron chi connectivity index (χ1n) is 6.04. The van der Waals surface area contributed by atoms with Crippen LogP contribution >= 0.6 is 23.2 Å². The van der Waals surface area contributed by atoms with Crippen molar-refractivity contribution in [1.82, 2.24) is 5.32 Å². The van der Waals surface area contributed by atoms with Crippen LogP contribution in [-0.4, -0.2) is 12.6 Å². The van der Waals surface area contributed by atoms with Gasteiger partial charge in [-0.3, -0.25) is 0 Å². The van der Waals surface area contributed by atoms with Gasteiger partial charge in [-0.15, -0.1) is 0 Å². The quantitative estimate of drug-likeness (QED) is 0.845. The van der Waals surface area contributed by atoms with Crippen molar-refractivity contribution < 1.29 is 4.74 Å². The average molecular weight is 274 g/mol. The molecule has 94 valence electrons. The molecule has 0 bridgehead atoms. The minimum absolute atomic E-state index is 0.596. The summed E-state index contributed by atoms with van der Waals surface area (Å²) < 4.78 is 5.53. The Hall–Kier alpha value is -0.440. The number of rotatable bonds is 6. The Labute approximate surface area is 112 Å². The van der Waals surface area contributed by atoms with Gasteiger partial charge >= 0.3 is 0 Å². The maximum Gasteiger partial charge on any atom is 0.156 e. The van der Waals surface area contributed by atoms with Crippen LogP contribution < -0.4 is 10.1 Å². The number of hydrogen-bond donors (Lipinski definition) is 1. The second-order valence-corrected chi connectivity index (χ2v) is 5.21. The van der Waals surface area contributed by atoms with E-state index in [9.17, 15) is 0 Å². The lowest BCUT2D eigenvalue weighted by atomic mass is 10.2. The molecule has 1 aliphatic carbocycles. The third kappa shape index (κ3) is 3.77. The van der Waals surface area contributed by atoms with E-state index in [-0.39, 0.29) is 0 Å². The normalized spacial score (nSPS) is 15.0. The molecule has 17 heavy (non-hydrogen) atoms. The molecule has 0 radical (unpaired) electrons. The Morgan fingerprint density at radius 3 is 2.47 bits per heavy atom. The van der Waals surface area contributed by atoms with E-state index < -0.39 is 0 Å². The highest BCUT2D eigenvalue weighted by Gasteiger charge is 2.20. The van der Waals surface area contributed by atoms with Gasteiger partial charge in [-0.05, 0) is 37.0 Å². The minimum atomic E-state index is 0.596. The molecular formula is C13H17Cl2NO. The van der Waals surface area contributed by atoms with E-state index in [1.54, 1.807) is 0 Å². The predicted octanol–water partition coefficient (Wildman–Crippen LogP) is 4.03. The van der Waals surface area contributed by atoms with Crippen LogP contribution in [0.1, 0.15) is 31.7 Å². The molecule has 1 N–H and O–H groups in total. The largest absolute Gasteiger partial charge is 0.490 e. The molecule has 0 aliphatic heterocycles. The highest BCUT2D eigenvalue weighted by atomic mass is 35.5. The minimum Gasteiger partial charge on any atom is -0.490 e. The summed E-state index contributed by atoms with van der Waals surface area (Å²) in [6.07, 6.45) is 3.50. The molecule has 1 aromatic rings. The van der Waals surface area contributed by atoms with Crippen LogP contribution in [0.15, 0.2) is 12.1 Å². The molecule has 0 heterocycles. The molecule has 0 amide bonds. The third-order valence-electron chi connectivity index (χ3n) is 2.68. The van der Waals surface area contributed by atoms with Crippen LogP contribution in [0.25, 0.3) is 0 Å². The Bertz CT molecular complexity index is 368. The van der Waals surface area contributed by atoms with Crippen LogP contribution in [-0.2, 0) is 6.54 Å². The SMILES string of the molecule is CCCOc1c(Cl)cc(CNC2CC2)cc1Cl. The van der Waals surface area contributed by atoms with Crippen molar-refractivity contribution in [3.05, 3.63) is 27.7 Å². The van der Waals surface area contributed by atoms with Gasteiger partial charge in [0.05, 0.1) is 16.7 Å². The van der Waals surface area contributed by atoms with E-state index in [0.29, 0.717) is 28.4 Å². The molecule has 1 aliphatic rings. The topological polar surface area (TPSA) is 21.3 Å². The van der Waals surface area contributed by atoms with Crippen molar-refractivity contribution >= 4 is 23.2 Å². The molecule has 0 unspecified atom stereocenters. The molecule has 1 saturated carbocycles. The Kier molecular flexibility index (Phi) is 4.55. The fourth-order valence-corrected chi connectivity index (χ4v) is 2.25. The van der Waals surface area contributed by atoms with E-state index in [1.807, 2.05) is 12.1 Å². The highest BCUT2D eigenvalue weighted by molar-refractivity contribution is 6.37. The van der Waals surface area contributed by atoms with Crippen molar-refractivity contribution in [1.29, 1.82) is 0 Å². The number of hydrogen-bond acceptors (Lipinski definition) is 2. The zero-order valence-corrected chi connectivity index (χ0v) is 11.4. The summed E-state index contributed by atoms with van der Waals surface area (Å²) >= 11 is 12.3. The highest BCUT2D eigenvalue weighted by Crippen LogP contribution is 2.34. The van der Waals surface area contributed by atoms with Gasteiger partial charge in [0.25, 0.3) is 0 Å². The molecule has 1 aromatic carbocycles. The molecule has 2 rings (SSSR count). The Morgan fingerprint density at radius 1 is 1.29 bits per heavy atom. The van der Waals surface area contributed by atoms with Crippen molar-refractivity contribution in [2.24, 2.45) is 0 Å². The maximum absolute atomic E-state index is 6.16. The fourth-order valence-electron chi connectivity index (χ4n) is 1.61. The van der Waals surface area contributed by atoms with Gasteiger partial charge in [-0.2, -0.15) is 0 Å². The second kappa shape index (κ2) is 5.94. The third-order valence-corrected chi connectivity index (χ3v) is 3.24. The standard InChI is InChI=1S/C13H17Cl2NO/c1-2-5-17-13-11(14)6-9(7-12(13)15)8-16-10-3-4-10/h6-7,10,16H,2-5,8H2,1H3. The first kappa shape index (κ1) is 13.0. The molecule has 4 heteroatoms. The summed E-state index contributed by atoms with van der Waals surface area (Å²) in [5.74, 6) is 0.602. The van der Waals surface area contributed by atoms with Gasteiger partial charge in [0.2, 0.25) is 0 Å². The number of halogens is 2. The lowest BCUT2D eigenvalue weighted by Crippen LogP contribution is -2.15. The van der Waals surface area contributed by atoms with Crippen LogP contribution in [0.5, 0.6) is 5.75 Å². The lowest BCUT2D eigenvalue weighted by Gasteiger charge is -2.11. The molecule has 1 fully saturated rings. The summed E-state index contributed by atoms with van der Waals surface area (Å²) in [4.78, 5) is 0.